The van der Waals surface area contributed by atoms with E-state index in [0.29, 0.717) is 41.0 Å². The first-order valence-corrected chi connectivity index (χ1v) is 8.57. The Morgan fingerprint density at radius 1 is 1.11 bits per heavy atom. The fourth-order valence-electron chi connectivity index (χ4n) is 3.72. The highest BCUT2D eigenvalue weighted by Crippen LogP contribution is 2.52. The number of hydrogen-bond donors (Lipinski definition) is 3. The molecule has 0 unspecified atom stereocenters. The molecule has 0 bridgehead atoms. The van der Waals surface area contributed by atoms with Crippen molar-refractivity contribution in [3.8, 4) is 39.9 Å². The third kappa shape index (κ3) is 3.09. The Balaban J connectivity index is 2.36. The summed E-state index contributed by atoms with van der Waals surface area (Å²) in [6, 6.07) is 4.69. The van der Waals surface area contributed by atoms with Crippen LogP contribution < -0.4 is 19.5 Å². The van der Waals surface area contributed by atoms with Crippen molar-refractivity contribution in [3.63, 3.8) is 0 Å². The molecule has 7 nitrogen and oxygen atoms in total. The zero-order chi connectivity index (χ0) is 19.7. The number of methoxy groups -OCH3 is 3. The van der Waals surface area contributed by atoms with Crippen LogP contribution >= 0.6 is 0 Å². The second-order valence-corrected chi connectivity index (χ2v) is 6.37. The molecule has 144 valence electrons. The molecule has 0 aliphatic heterocycles. The van der Waals surface area contributed by atoms with Crippen LogP contribution in [0.3, 0.4) is 0 Å². The predicted molar refractivity (Wildman–Crippen MR) is 99.7 cm³/mol. The first kappa shape index (κ1) is 18.7. The second-order valence-electron chi connectivity index (χ2n) is 6.37. The van der Waals surface area contributed by atoms with Crippen LogP contribution in [0.1, 0.15) is 30.5 Å². The fraction of sp³-hybridized carbons (Fsp3) is 0.350. The van der Waals surface area contributed by atoms with Gasteiger partial charge < -0.3 is 29.7 Å². The van der Waals surface area contributed by atoms with E-state index in [0.717, 1.165) is 5.56 Å². The number of phenols is 2. The Bertz CT molecular complexity index is 893. The number of phenolic OH excluding ortho intramolecular Hbond substituents is 2. The summed E-state index contributed by atoms with van der Waals surface area (Å²) < 4.78 is 16.1. The minimum atomic E-state index is -0.419. The van der Waals surface area contributed by atoms with Crippen LogP contribution in [-0.4, -0.2) is 37.4 Å². The Morgan fingerprint density at radius 2 is 1.81 bits per heavy atom. The summed E-state index contributed by atoms with van der Waals surface area (Å²) in [5.41, 5.74) is 2.79. The smallest absolute Gasteiger partial charge is 0.217 e. The van der Waals surface area contributed by atoms with Crippen molar-refractivity contribution >= 4 is 5.91 Å². The normalized spacial score (nSPS) is 15.2. The van der Waals surface area contributed by atoms with E-state index in [1.807, 2.05) is 6.07 Å². The summed E-state index contributed by atoms with van der Waals surface area (Å²) >= 11 is 0. The van der Waals surface area contributed by atoms with E-state index in [9.17, 15) is 15.0 Å². The molecule has 1 atom stereocenters. The van der Waals surface area contributed by atoms with Crippen LogP contribution in [0, 0.1) is 0 Å². The monoisotopic (exact) mass is 373 g/mol. The van der Waals surface area contributed by atoms with Crippen LogP contribution in [0.15, 0.2) is 18.2 Å². The van der Waals surface area contributed by atoms with Crippen molar-refractivity contribution in [1.29, 1.82) is 0 Å². The van der Waals surface area contributed by atoms with Crippen molar-refractivity contribution in [2.45, 2.75) is 25.8 Å². The van der Waals surface area contributed by atoms with E-state index < -0.39 is 6.04 Å². The summed E-state index contributed by atoms with van der Waals surface area (Å²) in [6.07, 6.45) is 1.10. The van der Waals surface area contributed by atoms with Gasteiger partial charge in [-0.2, -0.15) is 0 Å². The average Bonchev–Trinajstić information content (AvgIpc) is 2.78. The maximum atomic E-state index is 11.7. The van der Waals surface area contributed by atoms with Crippen LogP contribution in [0.2, 0.25) is 0 Å². The first-order valence-electron chi connectivity index (χ1n) is 8.57. The number of aromatic hydroxyl groups is 2. The Kier molecular flexibility index (Phi) is 5.03. The average molecular weight is 373 g/mol. The van der Waals surface area contributed by atoms with Crippen molar-refractivity contribution in [3.05, 3.63) is 29.3 Å². The highest BCUT2D eigenvalue weighted by molar-refractivity contribution is 5.85. The fourth-order valence-corrected chi connectivity index (χ4v) is 3.72. The minimum Gasteiger partial charge on any atom is -0.504 e. The lowest BCUT2D eigenvalue weighted by molar-refractivity contribution is -0.119. The molecule has 0 saturated carbocycles. The lowest BCUT2D eigenvalue weighted by atomic mass is 9.92. The quantitative estimate of drug-likeness (QED) is 0.762. The molecule has 1 aliphatic carbocycles. The van der Waals surface area contributed by atoms with Crippen LogP contribution in [0.4, 0.5) is 0 Å². The topological polar surface area (TPSA) is 97.3 Å². The lowest BCUT2D eigenvalue weighted by Crippen LogP contribution is -2.26. The maximum absolute atomic E-state index is 11.7. The summed E-state index contributed by atoms with van der Waals surface area (Å²) in [5.74, 6) is 0.655. The molecule has 7 heteroatoms. The number of fused-ring (bicyclic) bond motifs is 3. The van der Waals surface area contributed by atoms with Crippen molar-refractivity contribution in [2.75, 3.05) is 21.3 Å². The molecule has 0 saturated heterocycles. The summed E-state index contributed by atoms with van der Waals surface area (Å²) in [7, 11) is 4.42. The Labute approximate surface area is 157 Å². The van der Waals surface area contributed by atoms with Gasteiger partial charge in [0, 0.05) is 18.1 Å². The molecular formula is C20H23NO6. The Hall–Kier alpha value is -3.09. The van der Waals surface area contributed by atoms with Gasteiger partial charge in [0.2, 0.25) is 11.7 Å². The number of aryl methyl sites for hydroxylation is 1. The SMILES string of the molecule is COc1ccc2c(c1O)[C@@H](NC(C)=O)CCc1cc(O)c(OC)c(OC)c1-2. The molecule has 27 heavy (non-hydrogen) atoms. The van der Waals surface area contributed by atoms with Crippen LogP contribution in [-0.2, 0) is 11.2 Å². The summed E-state index contributed by atoms with van der Waals surface area (Å²) in [4.78, 5) is 11.7. The molecule has 3 rings (SSSR count). The highest BCUT2D eigenvalue weighted by Gasteiger charge is 2.31. The molecule has 1 amide bonds. The summed E-state index contributed by atoms with van der Waals surface area (Å²) in [5, 5.41) is 24.0. The second kappa shape index (κ2) is 7.26. The van der Waals surface area contributed by atoms with E-state index in [2.05, 4.69) is 5.32 Å². The predicted octanol–water partition coefficient (Wildman–Crippen LogP) is 2.91. The van der Waals surface area contributed by atoms with Crippen molar-refractivity contribution in [2.24, 2.45) is 0 Å². The third-order valence-corrected chi connectivity index (χ3v) is 4.80. The van der Waals surface area contributed by atoms with Gasteiger partial charge in [-0.3, -0.25) is 4.79 Å². The summed E-state index contributed by atoms with van der Waals surface area (Å²) in [6.45, 7) is 1.43. The molecule has 0 spiro atoms. The van der Waals surface area contributed by atoms with Gasteiger partial charge in [-0.1, -0.05) is 0 Å². The van der Waals surface area contributed by atoms with Gasteiger partial charge in [0.15, 0.2) is 23.0 Å². The number of nitrogens with one attached hydrogen (secondary N) is 1. The molecular weight excluding hydrogens is 350 g/mol. The Morgan fingerprint density at radius 3 is 2.41 bits per heavy atom. The first-order chi connectivity index (χ1) is 12.9. The molecule has 0 radical (unpaired) electrons. The van der Waals surface area contributed by atoms with Crippen LogP contribution in [0.25, 0.3) is 11.1 Å². The maximum Gasteiger partial charge on any atom is 0.217 e. The van der Waals surface area contributed by atoms with Crippen molar-refractivity contribution < 1.29 is 29.2 Å². The van der Waals surface area contributed by atoms with Gasteiger partial charge in [0.25, 0.3) is 0 Å². The van der Waals surface area contributed by atoms with Crippen LogP contribution in [0.5, 0.6) is 28.7 Å². The molecule has 3 N–H and O–H groups in total. The van der Waals surface area contributed by atoms with E-state index in [1.54, 1.807) is 12.1 Å². The molecule has 1 aliphatic rings. The number of carbonyl (C=O) groups excluding carboxylic acids is 1. The number of ether oxygens (including phenoxy) is 3. The van der Waals surface area contributed by atoms with Crippen molar-refractivity contribution in [1.82, 2.24) is 5.32 Å². The van der Waals surface area contributed by atoms with Gasteiger partial charge in [-0.05, 0) is 42.2 Å². The number of carbonyl (C=O) groups is 1. The van der Waals surface area contributed by atoms with E-state index in [4.69, 9.17) is 14.2 Å². The number of hydrogen-bond acceptors (Lipinski definition) is 6. The molecule has 0 fully saturated rings. The highest BCUT2D eigenvalue weighted by atomic mass is 16.5. The zero-order valence-electron chi connectivity index (χ0n) is 15.8. The lowest BCUT2D eigenvalue weighted by Gasteiger charge is -2.22. The third-order valence-electron chi connectivity index (χ3n) is 4.80. The number of rotatable bonds is 4. The van der Waals surface area contributed by atoms with Gasteiger partial charge >= 0.3 is 0 Å². The standard InChI is InChI=1S/C20H23NO6/c1-10(22)21-13-7-5-11-9-14(23)19(26-3)20(27-4)16(11)12-6-8-15(25-2)18(24)17(12)13/h6,8-9,13,23-24H,5,7H2,1-4H3,(H,21,22)/t13-/m0/s1. The van der Waals surface area contributed by atoms with E-state index >= 15 is 0 Å². The zero-order valence-corrected chi connectivity index (χ0v) is 15.8. The van der Waals surface area contributed by atoms with Gasteiger partial charge in [-0.25, -0.2) is 0 Å². The molecule has 0 heterocycles. The number of benzene rings is 2. The van der Waals surface area contributed by atoms with Gasteiger partial charge in [-0.15, -0.1) is 0 Å². The minimum absolute atomic E-state index is 0.0228. The molecule has 0 aromatic heterocycles. The number of amides is 1. The van der Waals surface area contributed by atoms with Gasteiger partial charge in [0.05, 0.1) is 27.4 Å². The van der Waals surface area contributed by atoms with Gasteiger partial charge in [0.1, 0.15) is 0 Å². The largest absolute Gasteiger partial charge is 0.504 e. The van der Waals surface area contributed by atoms with E-state index in [-0.39, 0.29) is 23.2 Å². The molecule has 2 aromatic rings. The van der Waals surface area contributed by atoms with E-state index in [1.165, 1.54) is 28.3 Å². The molecule has 2 aromatic carbocycles.